The number of nitrogens with two attached hydrogens (primary N) is 1. The van der Waals surface area contributed by atoms with Crippen molar-refractivity contribution in [3.05, 3.63) is 48.5 Å². The van der Waals surface area contributed by atoms with Crippen LogP contribution in [0.5, 0.6) is 0 Å². The van der Waals surface area contributed by atoms with Gasteiger partial charge in [0, 0.05) is 36.1 Å². The molecule has 136 valence electrons. The first-order valence-corrected chi connectivity index (χ1v) is 10.00. The van der Waals surface area contributed by atoms with Gasteiger partial charge in [-0.05, 0) is 17.7 Å². The zero-order valence-electron chi connectivity index (χ0n) is 13.8. The summed E-state index contributed by atoms with van der Waals surface area (Å²) in [7, 11) is 0. The summed E-state index contributed by atoms with van der Waals surface area (Å²) in [6.45, 7) is 0.903. The molecule has 7 nitrogen and oxygen atoms in total. The van der Waals surface area contributed by atoms with Crippen molar-refractivity contribution < 1.29 is 14.7 Å². The number of β-lactam (4-membered cyclic amide) rings is 1. The van der Waals surface area contributed by atoms with Crippen molar-refractivity contribution in [2.24, 2.45) is 5.73 Å². The van der Waals surface area contributed by atoms with Crippen LogP contribution >= 0.6 is 23.5 Å². The Kier molecular flexibility index (Phi) is 4.45. The molecule has 0 radical (unpaired) electrons. The molecule has 26 heavy (non-hydrogen) atoms. The third-order valence-electron chi connectivity index (χ3n) is 4.65. The van der Waals surface area contributed by atoms with Crippen molar-refractivity contribution in [2.75, 3.05) is 12.3 Å². The van der Waals surface area contributed by atoms with Gasteiger partial charge in [-0.3, -0.25) is 9.59 Å². The smallest absolute Gasteiger partial charge is 0.322 e. The summed E-state index contributed by atoms with van der Waals surface area (Å²) >= 11 is 2.76. The number of aromatic nitrogens is 2. The van der Waals surface area contributed by atoms with Crippen LogP contribution in [0.25, 0.3) is 0 Å². The molecule has 0 bridgehead atoms. The second-order valence-electron chi connectivity index (χ2n) is 6.47. The fourth-order valence-electron chi connectivity index (χ4n) is 3.17. The number of rotatable bonds is 5. The molecule has 2 aromatic rings. The second-order valence-corrected chi connectivity index (χ2v) is 9.04. The van der Waals surface area contributed by atoms with Crippen LogP contribution in [0.15, 0.2) is 47.9 Å². The predicted molar refractivity (Wildman–Crippen MR) is 99.9 cm³/mol. The van der Waals surface area contributed by atoms with E-state index in [1.165, 1.54) is 23.5 Å². The van der Waals surface area contributed by atoms with Gasteiger partial charge in [0.1, 0.15) is 16.2 Å². The van der Waals surface area contributed by atoms with Crippen LogP contribution in [-0.2, 0) is 16.1 Å². The molecular weight excluding hydrogens is 372 g/mol. The summed E-state index contributed by atoms with van der Waals surface area (Å²) < 4.78 is 0.917. The molecule has 1 aromatic carbocycles. The minimum atomic E-state index is -1.05. The molecule has 9 heteroatoms. The summed E-state index contributed by atoms with van der Waals surface area (Å²) in [4.78, 5) is 30.4. The van der Waals surface area contributed by atoms with Crippen LogP contribution in [-0.4, -0.2) is 59.9 Å². The molecule has 1 aromatic heterocycles. The first-order chi connectivity index (χ1) is 12.5. The Balaban J connectivity index is 1.49. The second kappa shape index (κ2) is 6.64. The Morgan fingerprint density at radius 3 is 2.85 bits per heavy atom. The van der Waals surface area contributed by atoms with Gasteiger partial charge in [-0.2, -0.15) is 0 Å². The highest BCUT2D eigenvalue weighted by Gasteiger charge is 2.56. The van der Waals surface area contributed by atoms with Crippen molar-refractivity contribution >= 4 is 35.4 Å². The topological polar surface area (TPSA) is 101 Å². The van der Waals surface area contributed by atoms with Gasteiger partial charge in [-0.15, -0.1) is 23.5 Å². The molecule has 0 aliphatic carbocycles. The van der Waals surface area contributed by atoms with Crippen LogP contribution in [0.3, 0.4) is 0 Å². The van der Waals surface area contributed by atoms with E-state index in [1.807, 2.05) is 35.0 Å². The van der Waals surface area contributed by atoms with E-state index in [0.717, 1.165) is 10.5 Å². The van der Waals surface area contributed by atoms with Gasteiger partial charge in [-0.1, -0.05) is 12.1 Å². The highest BCUT2D eigenvalue weighted by Crippen LogP contribution is 2.45. The number of aliphatic carboxylic acids is 1. The highest BCUT2D eigenvalue weighted by molar-refractivity contribution is 8.05. The van der Waals surface area contributed by atoms with Crippen LogP contribution in [0.2, 0.25) is 0 Å². The van der Waals surface area contributed by atoms with Crippen molar-refractivity contribution in [1.82, 2.24) is 14.5 Å². The molecule has 0 spiro atoms. The minimum absolute atomic E-state index is 0.0897. The van der Waals surface area contributed by atoms with Gasteiger partial charge in [0.15, 0.2) is 0 Å². The maximum Gasteiger partial charge on any atom is 0.322 e. The lowest BCUT2D eigenvalue weighted by molar-refractivity contribution is -0.148. The lowest BCUT2D eigenvalue weighted by Crippen LogP contribution is -2.73. The summed E-state index contributed by atoms with van der Waals surface area (Å²) in [5.74, 6) is -0.639. The predicted octanol–water partition coefficient (Wildman–Crippen LogP) is 1.09. The van der Waals surface area contributed by atoms with Gasteiger partial charge >= 0.3 is 5.97 Å². The van der Waals surface area contributed by atoms with E-state index in [-0.39, 0.29) is 17.8 Å². The number of hydrogen-bond donors (Lipinski definition) is 2. The van der Waals surface area contributed by atoms with E-state index >= 15 is 0 Å². The van der Waals surface area contributed by atoms with Gasteiger partial charge in [0.25, 0.3) is 0 Å². The number of carbonyl (C=O) groups is 2. The number of nitrogens with zero attached hydrogens (tertiary/aromatic N) is 3. The van der Waals surface area contributed by atoms with Crippen LogP contribution < -0.4 is 5.73 Å². The lowest BCUT2D eigenvalue weighted by Gasteiger charge is -2.52. The monoisotopic (exact) mass is 390 g/mol. The Hall–Kier alpha value is -1.97. The summed E-state index contributed by atoms with van der Waals surface area (Å²) in [6, 6.07) is 7.34. The van der Waals surface area contributed by atoms with Crippen LogP contribution in [0.1, 0.15) is 5.56 Å². The zero-order valence-corrected chi connectivity index (χ0v) is 15.4. The molecule has 3 atom stereocenters. The Morgan fingerprint density at radius 1 is 1.42 bits per heavy atom. The quantitative estimate of drug-likeness (QED) is 0.737. The zero-order chi connectivity index (χ0) is 18.3. The number of benzene rings is 1. The van der Waals surface area contributed by atoms with Gasteiger partial charge in [-0.25, -0.2) is 4.98 Å². The van der Waals surface area contributed by atoms with Crippen molar-refractivity contribution in [3.63, 3.8) is 0 Å². The molecule has 1 amide bonds. The molecule has 1 unspecified atom stereocenters. The lowest BCUT2D eigenvalue weighted by atomic mass is 10.0. The number of imidazole rings is 1. The Bertz CT molecular complexity index is 827. The number of fused-ring (bicyclic) bond motifs is 1. The number of carboxylic acid groups (broad SMARTS) is 1. The molecule has 2 aliphatic heterocycles. The number of hydrogen-bond acceptors (Lipinski definition) is 6. The molecule has 3 heterocycles. The van der Waals surface area contributed by atoms with Gasteiger partial charge in [0.05, 0.1) is 6.33 Å². The molecule has 2 fully saturated rings. The number of amides is 1. The highest BCUT2D eigenvalue weighted by atomic mass is 32.2. The summed E-state index contributed by atoms with van der Waals surface area (Å²) in [5, 5.41) is 9.75. The van der Waals surface area contributed by atoms with E-state index < -0.39 is 16.8 Å². The van der Waals surface area contributed by atoms with Crippen molar-refractivity contribution in [2.45, 2.75) is 27.6 Å². The molecule has 2 saturated heterocycles. The van der Waals surface area contributed by atoms with E-state index in [1.54, 1.807) is 17.4 Å². The van der Waals surface area contributed by atoms with Gasteiger partial charge in [0.2, 0.25) is 5.91 Å². The Labute approximate surface area is 158 Å². The molecule has 0 saturated carbocycles. The van der Waals surface area contributed by atoms with Gasteiger partial charge < -0.3 is 20.3 Å². The first kappa shape index (κ1) is 17.4. The maximum atomic E-state index is 12.0. The SMILES string of the molecule is N[C@@H]1C(=O)N2CC(Sc3ccc(Cn4ccnc4)cc3)(C(=O)O)CS[C@H]12. The third-order valence-corrected chi connectivity index (χ3v) is 7.72. The van der Waals surface area contributed by atoms with Crippen molar-refractivity contribution in [3.8, 4) is 0 Å². The van der Waals surface area contributed by atoms with E-state index in [4.69, 9.17) is 5.73 Å². The molecule has 4 rings (SSSR count). The van der Waals surface area contributed by atoms with E-state index in [0.29, 0.717) is 12.3 Å². The summed E-state index contributed by atoms with van der Waals surface area (Å²) in [6.07, 6.45) is 5.39. The molecule has 2 aliphatic rings. The number of thioether (sulfide) groups is 2. The average molecular weight is 390 g/mol. The fraction of sp³-hybridized carbons (Fsp3) is 0.353. The maximum absolute atomic E-state index is 12.0. The number of carboxylic acids is 1. The molecule has 3 N–H and O–H groups in total. The van der Waals surface area contributed by atoms with Crippen LogP contribution in [0.4, 0.5) is 0 Å². The number of carbonyl (C=O) groups excluding carboxylic acids is 1. The third kappa shape index (κ3) is 3.00. The van der Waals surface area contributed by atoms with Crippen molar-refractivity contribution in [1.29, 1.82) is 0 Å². The average Bonchev–Trinajstić information content (AvgIpc) is 3.15. The molecular formula is C17H18N4O3S2. The van der Waals surface area contributed by atoms with E-state index in [9.17, 15) is 14.7 Å². The minimum Gasteiger partial charge on any atom is -0.480 e. The fourth-order valence-corrected chi connectivity index (χ4v) is 5.96. The van der Waals surface area contributed by atoms with Crippen LogP contribution in [0, 0.1) is 0 Å². The Morgan fingerprint density at radius 2 is 2.19 bits per heavy atom. The summed E-state index contributed by atoms with van der Waals surface area (Å²) in [5.41, 5.74) is 6.90. The standard InChI is InChI=1S/C17H18N4O3S2/c18-13-14(22)21-8-17(16(23)24,9-25-15(13)21)26-12-3-1-11(2-4-12)7-20-6-5-19-10-20/h1-6,10,13,15H,7-9,18H2,(H,23,24)/t13-,15-,17?/m1/s1. The van der Waals surface area contributed by atoms with E-state index in [2.05, 4.69) is 4.98 Å². The first-order valence-electron chi connectivity index (χ1n) is 8.13. The normalized spacial score (nSPS) is 27.7. The largest absolute Gasteiger partial charge is 0.480 e.